The fraction of sp³-hybridized carbons (Fsp3) is 0.625. The van der Waals surface area contributed by atoms with Crippen LogP contribution in [0.1, 0.15) is 50.5 Å². The van der Waals surface area contributed by atoms with E-state index in [4.69, 9.17) is 11.6 Å². The Morgan fingerprint density at radius 2 is 2.05 bits per heavy atom. The Hall–Kier alpha value is -0.730. The minimum atomic E-state index is -0.123. The van der Waals surface area contributed by atoms with E-state index in [-0.39, 0.29) is 17.3 Å². The third-order valence-corrected chi connectivity index (χ3v) is 5.83. The molecule has 2 fully saturated rings. The predicted molar refractivity (Wildman–Crippen MR) is 76.5 cm³/mol. The Balaban J connectivity index is 1.80. The van der Waals surface area contributed by atoms with E-state index in [0.29, 0.717) is 16.9 Å². The Morgan fingerprint density at radius 1 is 1.26 bits per heavy atom. The third-order valence-electron chi connectivity index (χ3n) is 5.53. The first-order chi connectivity index (χ1) is 9.00. The normalized spacial score (nSPS) is 38.2. The number of aromatic hydroxyl groups is 1. The molecule has 1 aromatic rings. The number of phenols is 1. The van der Waals surface area contributed by atoms with Crippen LogP contribution in [0, 0.1) is 11.3 Å². The lowest BCUT2D eigenvalue weighted by molar-refractivity contribution is 0.00872. The predicted octanol–water partition coefficient (Wildman–Crippen LogP) is 4.09. The van der Waals surface area contributed by atoms with E-state index >= 15 is 0 Å². The van der Waals surface area contributed by atoms with Crippen LogP contribution >= 0.6 is 11.6 Å². The summed E-state index contributed by atoms with van der Waals surface area (Å²) in [7, 11) is 0. The topological polar surface area (TPSA) is 40.5 Å². The van der Waals surface area contributed by atoms with Crippen molar-refractivity contribution < 1.29 is 10.2 Å². The quantitative estimate of drug-likeness (QED) is 0.813. The zero-order chi connectivity index (χ0) is 13.6. The lowest BCUT2D eigenvalue weighted by atomic mass is 9.64. The van der Waals surface area contributed by atoms with Gasteiger partial charge >= 0.3 is 0 Å². The van der Waals surface area contributed by atoms with Crippen LogP contribution in [0.4, 0.5) is 0 Å². The van der Waals surface area contributed by atoms with Crippen LogP contribution in [-0.2, 0) is 0 Å². The molecule has 104 valence electrons. The number of benzene rings is 1. The van der Waals surface area contributed by atoms with Crippen LogP contribution in [0.5, 0.6) is 5.75 Å². The monoisotopic (exact) mass is 280 g/mol. The Morgan fingerprint density at radius 3 is 2.79 bits per heavy atom. The van der Waals surface area contributed by atoms with Gasteiger partial charge in [-0.05, 0) is 67.1 Å². The SMILES string of the molecule is C[C@]12CC[C@H](c3ccc(O)c(Cl)c3)C[C@H]1CC[C@@H]2O. The largest absolute Gasteiger partial charge is 0.506 e. The van der Waals surface area contributed by atoms with Crippen LogP contribution in [0.2, 0.25) is 5.02 Å². The van der Waals surface area contributed by atoms with Gasteiger partial charge in [0.15, 0.2) is 0 Å². The van der Waals surface area contributed by atoms with Gasteiger partial charge in [0.1, 0.15) is 5.75 Å². The Bertz CT molecular complexity index is 488. The first kappa shape index (κ1) is 13.3. The summed E-state index contributed by atoms with van der Waals surface area (Å²) < 4.78 is 0. The number of hydrogen-bond donors (Lipinski definition) is 2. The summed E-state index contributed by atoms with van der Waals surface area (Å²) in [6, 6.07) is 5.57. The summed E-state index contributed by atoms with van der Waals surface area (Å²) in [5.41, 5.74) is 1.35. The maximum Gasteiger partial charge on any atom is 0.134 e. The second-order valence-electron chi connectivity index (χ2n) is 6.48. The smallest absolute Gasteiger partial charge is 0.134 e. The molecule has 0 saturated heterocycles. The van der Waals surface area contributed by atoms with E-state index in [1.807, 2.05) is 12.1 Å². The summed E-state index contributed by atoms with van der Waals surface area (Å²) in [5.74, 6) is 1.29. The number of fused-ring (bicyclic) bond motifs is 1. The van der Waals surface area contributed by atoms with Crippen molar-refractivity contribution in [1.29, 1.82) is 0 Å². The minimum Gasteiger partial charge on any atom is -0.506 e. The van der Waals surface area contributed by atoms with Crippen LogP contribution in [0.3, 0.4) is 0 Å². The van der Waals surface area contributed by atoms with Gasteiger partial charge in [-0.25, -0.2) is 0 Å². The van der Waals surface area contributed by atoms with Crippen molar-refractivity contribution in [2.75, 3.05) is 0 Å². The zero-order valence-corrected chi connectivity index (χ0v) is 12.0. The molecule has 0 amide bonds. The van der Waals surface area contributed by atoms with Crippen LogP contribution < -0.4 is 0 Å². The highest BCUT2D eigenvalue weighted by Crippen LogP contribution is 2.55. The van der Waals surface area contributed by atoms with Gasteiger partial charge in [-0.2, -0.15) is 0 Å². The average molecular weight is 281 g/mol. The van der Waals surface area contributed by atoms with E-state index in [1.54, 1.807) is 6.07 Å². The molecule has 2 aliphatic carbocycles. The number of aliphatic hydroxyl groups is 1. The standard InChI is InChI=1S/C16H21ClO2/c1-16-7-6-11(8-12(16)3-5-15(16)19)10-2-4-14(18)13(17)9-10/h2,4,9,11-12,15,18-19H,3,5-8H2,1H3/t11-,12+,15-,16-/m0/s1. The molecule has 4 atom stereocenters. The molecular weight excluding hydrogens is 260 g/mol. The van der Waals surface area contributed by atoms with Crippen molar-refractivity contribution in [2.24, 2.45) is 11.3 Å². The van der Waals surface area contributed by atoms with Gasteiger partial charge in [0, 0.05) is 0 Å². The van der Waals surface area contributed by atoms with Crippen molar-refractivity contribution >= 4 is 11.6 Å². The van der Waals surface area contributed by atoms with E-state index in [0.717, 1.165) is 32.1 Å². The molecule has 0 bridgehead atoms. The molecule has 0 unspecified atom stereocenters. The molecular formula is C16H21ClO2. The lowest BCUT2D eigenvalue weighted by Gasteiger charge is -2.42. The number of aliphatic hydroxyl groups excluding tert-OH is 1. The second-order valence-corrected chi connectivity index (χ2v) is 6.89. The average Bonchev–Trinajstić information content (AvgIpc) is 2.69. The Labute approximate surface area is 119 Å². The molecule has 2 saturated carbocycles. The van der Waals surface area contributed by atoms with Gasteiger partial charge in [-0.1, -0.05) is 24.6 Å². The van der Waals surface area contributed by atoms with Crippen molar-refractivity contribution in [3.8, 4) is 5.75 Å². The molecule has 0 radical (unpaired) electrons. The molecule has 0 aliphatic heterocycles. The molecule has 2 N–H and O–H groups in total. The summed E-state index contributed by atoms with van der Waals surface area (Å²) in [6.45, 7) is 2.25. The van der Waals surface area contributed by atoms with Crippen molar-refractivity contribution in [1.82, 2.24) is 0 Å². The van der Waals surface area contributed by atoms with Crippen LogP contribution in [-0.4, -0.2) is 16.3 Å². The first-order valence-electron chi connectivity index (χ1n) is 7.17. The van der Waals surface area contributed by atoms with Gasteiger partial charge < -0.3 is 10.2 Å². The summed E-state index contributed by atoms with van der Waals surface area (Å²) in [6.07, 6.45) is 5.29. The second kappa shape index (κ2) is 4.68. The molecule has 0 heterocycles. The molecule has 2 aliphatic rings. The van der Waals surface area contributed by atoms with Gasteiger partial charge in [0.25, 0.3) is 0 Å². The van der Waals surface area contributed by atoms with Crippen molar-refractivity contribution in [3.05, 3.63) is 28.8 Å². The maximum absolute atomic E-state index is 10.2. The van der Waals surface area contributed by atoms with Gasteiger partial charge in [-0.15, -0.1) is 0 Å². The van der Waals surface area contributed by atoms with E-state index in [2.05, 4.69) is 6.92 Å². The maximum atomic E-state index is 10.2. The molecule has 1 aromatic carbocycles. The highest BCUT2D eigenvalue weighted by molar-refractivity contribution is 6.32. The number of phenolic OH excluding ortho intramolecular Hbond substituents is 1. The number of hydrogen-bond acceptors (Lipinski definition) is 2. The van der Waals surface area contributed by atoms with Crippen LogP contribution in [0.25, 0.3) is 0 Å². The van der Waals surface area contributed by atoms with E-state index in [1.165, 1.54) is 5.56 Å². The third kappa shape index (κ3) is 2.15. The number of rotatable bonds is 1. The Kier molecular flexibility index (Phi) is 3.26. The fourth-order valence-corrected chi connectivity index (χ4v) is 4.26. The van der Waals surface area contributed by atoms with Crippen molar-refractivity contribution in [2.45, 2.75) is 51.0 Å². The first-order valence-corrected chi connectivity index (χ1v) is 7.55. The number of halogens is 1. The fourth-order valence-electron chi connectivity index (χ4n) is 4.07. The van der Waals surface area contributed by atoms with Crippen LogP contribution in [0.15, 0.2) is 18.2 Å². The van der Waals surface area contributed by atoms with Crippen molar-refractivity contribution in [3.63, 3.8) is 0 Å². The zero-order valence-electron chi connectivity index (χ0n) is 11.3. The molecule has 19 heavy (non-hydrogen) atoms. The van der Waals surface area contributed by atoms with E-state index in [9.17, 15) is 10.2 Å². The lowest BCUT2D eigenvalue weighted by Crippen LogP contribution is -2.36. The highest BCUT2D eigenvalue weighted by Gasteiger charge is 2.48. The summed E-state index contributed by atoms with van der Waals surface area (Å²) >= 11 is 6.00. The van der Waals surface area contributed by atoms with E-state index < -0.39 is 0 Å². The molecule has 3 heteroatoms. The highest BCUT2D eigenvalue weighted by atomic mass is 35.5. The minimum absolute atomic E-state index is 0.122. The van der Waals surface area contributed by atoms with Gasteiger partial charge in [0.05, 0.1) is 11.1 Å². The molecule has 0 aromatic heterocycles. The summed E-state index contributed by atoms with van der Waals surface area (Å²) in [5, 5.41) is 20.1. The van der Waals surface area contributed by atoms with Gasteiger partial charge in [-0.3, -0.25) is 0 Å². The van der Waals surface area contributed by atoms with Gasteiger partial charge in [0.2, 0.25) is 0 Å². The molecule has 3 rings (SSSR count). The summed E-state index contributed by atoms with van der Waals surface area (Å²) in [4.78, 5) is 0. The molecule has 2 nitrogen and oxygen atoms in total. The molecule has 0 spiro atoms.